The standard InChI is InChI=1S/C15H13Cl2N3OS/c16-12-4-3-11(8-13(12)17)19-15(21)20-6-7-22-14(20)10-2-1-5-18-9-10/h1-5,8-9,14H,6-7H2,(H,19,21)/t14-/m1/s1. The number of pyridine rings is 1. The molecule has 1 aromatic carbocycles. The first-order valence-electron chi connectivity index (χ1n) is 6.69. The first-order valence-corrected chi connectivity index (χ1v) is 8.50. The summed E-state index contributed by atoms with van der Waals surface area (Å²) in [6.45, 7) is 0.692. The van der Waals surface area contributed by atoms with Gasteiger partial charge in [-0.05, 0) is 24.3 Å². The molecule has 0 radical (unpaired) electrons. The molecule has 1 aliphatic heterocycles. The molecule has 2 amide bonds. The van der Waals surface area contributed by atoms with E-state index in [1.807, 2.05) is 12.1 Å². The minimum Gasteiger partial charge on any atom is -0.308 e. The Morgan fingerprint density at radius 2 is 2.18 bits per heavy atom. The van der Waals surface area contributed by atoms with Crippen molar-refractivity contribution in [1.82, 2.24) is 9.88 Å². The molecule has 1 saturated heterocycles. The Labute approximate surface area is 142 Å². The molecule has 114 valence electrons. The van der Waals surface area contributed by atoms with Crippen molar-refractivity contribution in [3.8, 4) is 0 Å². The van der Waals surface area contributed by atoms with Gasteiger partial charge >= 0.3 is 6.03 Å². The van der Waals surface area contributed by atoms with Crippen molar-refractivity contribution >= 4 is 46.7 Å². The lowest BCUT2D eigenvalue weighted by Crippen LogP contribution is -2.34. The number of hydrogen-bond donors (Lipinski definition) is 1. The maximum atomic E-state index is 12.5. The topological polar surface area (TPSA) is 45.2 Å². The van der Waals surface area contributed by atoms with Gasteiger partial charge in [0.15, 0.2) is 0 Å². The van der Waals surface area contributed by atoms with Gasteiger partial charge in [0.25, 0.3) is 0 Å². The van der Waals surface area contributed by atoms with Crippen molar-refractivity contribution < 1.29 is 4.79 Å². The molecule has 7 heteroatoms. The highest BCUT2D eigenvalue weighted by Crippen LogP contribution is 2.37. The van der Waals surface area contributed by atoms with Crippen molar-refractivity contribution in [2.24, 2.45) is 0 Å². The third-order valence-corrected chi connectivity index (χ3v) is 5.29. The van der Waals surface area contributed by atoms with Crippen LogP contribution in [-0.4, -0.2) is 28.2 Å². The Bertz CT molecular complexity index is 684. The molecule has 0 bridgehead atoms. The van der Waals surface area contributed by atoms with Gasteiger partial charge in [0.2, 0.25) is 0 Å². The number of carbonyl (C=O) groups is 1. The molecule has 0 spiro atoms. The van der Waals surface area contributed by atoms with E-state index in [0.29, 0.717) is 22.3 Å². The van der Waals surface area contributed by atoms with Crippen LogP contribution in [0.1, 0.15) is 10.9 Å². The lowest BCUT2D eigenvalue weighted by molar-refractivity contribution is 0.214. The molecule has 2 aromatic rings. The number of urea groups is 1. The smallest absolute Gasteiger partial charge is 0.308 e. The van der Waals surface area contributed by atoms with E-state index in [1.54, 1.807) is 47.3 Å². The second kappa shape index (κ2) is 6.77. The monoisotopic (exact) mass is 353 g/mol. The van der Waals surface area contributed by atoms with Gasteiger partial charge in [-0.3, -0.25) is 4.98 Å². The maximum absolute atomic E-state index is 12.5. The summed E-state index contributed by atoms with van der Waals surface area (Å²) >= 11 is 13.6. The molecule has 1 aromatic heterocycles. The molecule has 0 aliphatic carbocycles. The molecular formula is C15H13Cl2N3OS. The van der Waals surface area contributed by atoms with Gasteiger partial charge in [-0.25, -0.2) is 4.79 Å². The SMILES string of the molecule is O=C(Nc1ccc(Cl)c(Cl)c1)N1CCS[C@@H]1c1cccnc1. The predicted molar refractivity (Wildman–Crippen MR) is 91.6 cm³/mol. The van der Waals surface area contributed by atoms with Crippen LogP contribution in [0.5, 0.6) is 0 Å². The fourth-order valence-electron chi connectivity index (χ4n) is 2.25. The van der Waals surface area contributed by atoms with Gasteiger partial charge in [0.05, 0.1) is 10.0 Å². The van der Waals surface area contributed by atoms with Crippen molar-refractivity contribution in [3.05, 3.63) is 58.3 Å². The van der Waals surface area contributed by atoms with E-state index in [0.717, 1.165) is 11.3 Å². The molecule has 1 N–H and O–H groups in total. The third kappa shape index (κ3) is 3.32. The summed E-state index contributed by atoms with van der Waals surface area (Å²) in [5.41, 5.74) is 1.65. The molecule has 1 atom stereocenters. The van der Waals surface area contributed by atoms with Crippen LogP contribution < -0.4 is 5.32 Å². The van der Waals surface area contributed by atoms with Gasteiger partial charge < -0.3 is 10.2 Å². The van der Waals surface area contributed by atoms with Gasteiger partial charge in [-0.2, -0.15) is 0 Å². The number of aromatic nitrogens is 1. The second-order valence-corrected chi connectivity index (χ2v) is 6.76. The number of anilines is 1. The molecule has 2 heterocycles. The van der Waals surface area contributed by atoms with E-state index < -0.39 is 0 Å². The molecule has 4 nitrogen and oxygen atoms in total. The quantitative estimate of drug-likeness (QED) is 0.853. The molecule has 0 unspecified atom stereocenters. The number of benzene rings is 1. The lowest BCUT2D eigenvalue weighted by atomic mass is 10.2. The number of rotatable bonds is 2. The van der Waals surface area contributed by atoms with E-state index in [-0.39, 0.29) is 11.4 Å². The van der Waals surface area contributed by atoms with Crippen LogP contribution in [-0.2, 0) is 0 Å². The number of nitrogens with one attached hydrogen (secondary N) is 1. The first kappa shape index (κ1) is 15.5. The first-order chi connectivity index (χ1) is 10.6. The van der Waals surface area contributed by atoms with Crippen LogP contribution in [0.15, 0.2) is 42.7 Å². The van der Waals surface area contributed by atoms with Gasteiger partial charge in [0.1, 0.15) is 5.37 Å². The summed E-state index contributed by atoms with van der Waals surface area (Å²) in [4.78, 5) is 18.4. The normalized spacial score (nSPS) is 17.5. The van der Waals surface area contributed by atoms with Gasteiger partial charge in [-0.15, -0.1) is 11.8 Å². The van der Waals surface area contributed by atoms with E-state index in [2.05, 4.69) is 10.3 Å². The fraction of sp³-hybridized carbons (Fsp3) is 0.200. The second-order valence-electron chi connectivity index (χ2n) is 4.76. The highest BCUT2D eigenvalue weighted by molar-refractivity contribution is 7.99. The van der Waals surface area contributed by atoms with E-state index in [4.69, 9.17) is 23.2 Å². The molecular weight excluding hydrogens is 341 g/mol. The van der Waals surface area contributed by atoms with Crippen LogP contribution in [0.3, 0.4) is 0 Å². The number of nitrogens with zero attached hydrogens (tertiary/aromatic N) is 2. The number of thioether (sulfide) groups is 1. The summed E-state index contributed by atoms with van der Waals surface area (Å²) in [7, 11) is 0. The minimum absolute atomic E-state index is 0.0172. The Kier molecular flexibility index (Phi) is 4.76. The largest absolute Gasteiger partial charge is 0.323 e. The van der Waals surface area contributed by atoms with Crippen LogP contribution in [0.25, 0.3) is 0 Å². The lowest BCUT2D eigenvalue weighted by Gasteiger charge is -2.24. The third-order valence-electron chi connectivity index (χ3n) is 3.29. The molecule has 0 saturated carbocycles. The van der Waals surface area contributed by atoms with Crippen LogP contribution in [0, 0.1) is 0 Å². The van der Waals surface area contributed by atoms with Gasteiger partial charge in [-0.1, -0.05) is 29.3 Å². The Hall–Kier alpha value is -1.43. The molecule has 22 heavy (non-hydrogen) atoms. The zero-order chi connectivity index (χ0) is 15.5. The van der Waals surface area contributed by atoms with Crippen molar-refractivity contribution in [1.29, 1.82) is 0 Å². The van der Waals surface area contributed by atoms with E-state index >= 15 is 0 Å². The van der Waals surface area contributed by atoms with Crippen LogP contribution in [0.2, 0.25) is 10.0 Å². The summed E-state index contributed by atoms with van der Waals surface area (Å²) in [5.74, 6) is 0.897. The maximum Gasteiger partial charge on any atom is 0.323 e. The average Bonchev–Trinajstić information content (AvgIpc) is 3.01. The molecule has 1 aliphatic rings. The summed E-state index contributed by atoms with van der Waals surface area (Å²) in [6.07, 6.45) is 3.52. The summed E-state index contributed by atoms with van der Waals surface area (Å²) in [5, 5.41) is 3.72. The van der Waals surface area contributed by atoms with Crippen LogP contribution >= 0.6 is 35.0 Å². The van der Waals surface area contributed by atoms with E-state index in [9.17, 15) is 4.79 Å². The zero-order valence-electron chi connectivity index (χ0n) is 11.5. The Morgan fingerprint density at radius 1 is 1.32 bits per heavy atom. The number of halogens is 2. The molecule has 1 fully saturated rings. The van der Waals surface area contributed by atoms with Gasteiger partial charge in [0, 0.05) is 35.9 Å². The summed E-state index contributed by atoms with van der Waals surface area (Å²) < 4.78 is 0. The van der Waals surface area contributed by atoms with E-state index in [1.165, 1.54) is 0 Å². The summed E-state index contributed by atoms with van der Waals surface area (Å²) in [6, 6.07) is 8.74. The number of amides is 2. The van der Waals surface area contributed by atoms with Crippen molar-refractivity contribution in [3.63, 3.8) is 0 Å². The molecule has 3 rings (SSSR count). The number of hydrogen-bond acceptors (Lipinski definition) is 3. The Balaban J connectivity index is 1.75. The van der Waals surface area contributed by atoms with Crippen molar-refractivity contribution in [2.75, 3.05) is 17.6 Å². The highest BCUT2D eigenvalue weighted by atomic mass is 35.5. The minimum atomic E-state index is -0.155. The highest BCUT2D eigenvalue weighted by Gasteiger charge is 2.30. The predicted octanol–water partition coefficient (Wildman–Crippen LogP) is 4.67. The van der Waals surface area contributed by atoms with Crippen molar-refractivity contribution in [2.45, 2.75) is 5.37 Å². The Morgan fingerprint density at radius 3 is 2.91 bits per heavy atom. The van der Waals surface area contributed by atoms with Crippen LogP contribution in [0.4, 0.5) is 10.5 Å². The number of carbonyl (C=O) groups excluding carboxylic acids is 1. The fourth-order valence-corrected chi connectivity index (χ4v) is 3.78. The zero-order valence-corrected chi connectivity index (χ0v) is 13.8. The average molecular weight is 354 g/mol.